The molecule has 8 heteroatoms. The van der Waals surface area contributed by atoms with Gasteiger partial charge in [-0.25, -0.2) is 13.8 Å². The fourth-order valence-corrected chi connectivity index (χ4v) is 2.26. The van der Waals surface area contributed by atoms with Crippen LogP contribution in [0.15, 0.2) is 18.5 Å². The quantitative estimate of drug-likeness (QED) is 0.739. The van der Waals surface area contributed by atoms with E-state index in [1.165, 1.54) is 23.0 Å². The lowest BCUT2D eigenvalue weighted by molar-refractivity contribution is 0.541. The summed E-state index contributed by atoms with van der Waals surface area (Å²) in [4.78, 5) is 11.8. The standard InChI is InChI=1S/C13H10ClF2N5/c1-6-2-3-8(15)7(9(6)16)4-21-5-18-10-11(17)19-13(14)20-12(10)21/h2-3,5H,4H2,1H3,(H2,17,19,20). The molecule has 5 nitrogen and oxygen atoms in total. The molecule has 0 aliphatic carbocycles. The van der Waals surface area contributed by atoms with Gasteiger partial charge in [0.2, 0.25) is 5.28 Å². The SMILES string of the molecule is Cc1ccc(F)c(Cn2cnc3c(N)nc(Cl)nc32)c1F. The van der Waals surface area contributed by atoms with Crippen molar-refractivity contribution >= 4 is 28.6 Å². The highest BCUT2D eigenvalue weighted by Gasteiger charge is 2.15. The second-order valence-electron chi connectivity index (χ2n) is 4.58. The number of hydrogen-bond donors (Lipinski definition) is 1. The van der Waals surface area contributed by atoms with Crippen molar-refractivity contribution in [2.24, 2.45) is 0 Å². The van der Waals surface area contributed by atoms with Crippen LogP contribution in [0.2, 0.25) is 5.28 Å². The maximum Gasteiger partial charge on any atom is 0.226 e. The van der Waals surface area contributed by atoms with Gasteiger partial charge in [-0.05, 0) is 30.2 Å². The van der Waals surface area contributed by atoms with Crippen molar-refractivity contribution in [1.82, 2.24) is 19.5 Å². The Labute approximate surface area is 123 Å². The summed E-state index contributed by atoms with van der Waals surface area (Å²) < 4.78 is 29.4. The van der Waals surface area contributed by atoms with Crippen LogP contribution in [0.4, 0.5) is 14.6 Å². The van der Waals surface area contributed by atoms with Crippen LogP contribution < -0.4 is 5.73 Å². The van der Waals surface area contributed by atoms with Crippen LogP contribution in [0.25, 0.3) is 11.2 Å². The van der Waals surface area contributed by atoms with Crippen LogP contribution in [0.3, 0.4) is 0 Å². The third-order valence-electron chi connectivity index (χ3n) is 3.17. The van der Waals surface area contributed by atoms with Crippen LogP contribution in [0, 0.1) is 18.6 Å². The number of nitrogens with zero attached hydrogens (tertiary/aromatic N) is 4. The molecule has 0 aliphatic rings. The smallest absolute Gasteiger partial charge is 0.226 e. The van der Waals surface area contributed by atoms with E-state index in [0.29, 0.717) is 16.7 Å². The highest BCUT2D eigenvalue weighted by atomic mass is 35.5. The third-order valence-corrected chi connectivity index (χ3v) is 3.34. The molecule has 3 rings (SSSR count). The molecule has 1 aromatic carbocycles. The Morgan fingerprint density at radius 1 is 1.29 bits per heavy atom. The first-order chi connectivity index (χ1) is 9.97. The van der Waals surface area contributed by atoms with Crippen molar-refractivity contribution < 1.29 is 8.78 Å². The van der Waals surface area contributed by atoms with E-state index in [4.69, 9.17) is 17.3 Å². The Morgan fingerprint density at radius 2 is 2.05 bits per heavy atom. The summed E-state index contributed by atoms with van der Waals surface area (Å²) in [5, 5.41) is -0.0491. The number of aryl methyl sites for hydroxylation is 1. The lowest BCUT2D eigenvalue weighted by Crippen LogP contribution is -2.06. The van der Waals surface area contributed by atoms with E-state index < -0.39 is 11.6 Å². The van der Waals surface area contributed by atoms with Gasteiger partial charge in [-0.3, -0.25) is 0 Å². The van der Waals surface area contributed by atoms with Crippen molar-refractivity contribution in [2.75, 3.05) is 5.73 Å². The maximum atomic E-state index is 14.1. The minimum absolute atomic E-state index is 0.0491. The van der Waals surface area contributed by atoms with Gasteiger partial charge in [0, 0.05) is 5.56 Å². The van der Waals surface area contributed by atoms with Crippen molar-refractivity contribution in [3.8, 4) is 0 Å². The highest BCUT2D eigenvalue weighted by Crippen LogP contribution is 2.22. The van der Waals surface area contributed by atoms with Gasteiger partial charge < -0.3 is 10.3 Å². The van der Waals surface area contributed by atoms with Gasteiger partial charge in [0.1, 0.15) is 17.2 Å². The van der Waals surface area contributed by atoms with Gasteiger partial charge >= 0.3 is 0 Å². The van der Waals surface area contributed by atoms with Gasteiger partial charge in [-0.2, -0.15) is 9.97 Å². The number of benzene rings is 1. The summed E-state index contributed by atoms with van der Waals surface area (Å²) in [5.41, 5.74) is 6.65. The van der Waals surface area contributed by atoms with Crippen LogP contribution in [-0.4, -0.2) is 19.5 Å². The zero-order valence-corrected chi connectivity index (χ0v) is 11.7. The maximum absolute atomic E-state index is 14.1. The second kappa shape index (κ2) is 4.92. The van der Waals surface area contributed by atoms with E-state index in [-0.39, 0.29) is 23.2 Å². The molecule has 0 fully saturated rings. The highest BCUT2D eigenvalue weighted by molar-refractivity contribution is 6.28. The predicted octanol–water partition coefficient (Wildman–Crippen LogP) is 2.70. The molecule has 0 spiro atoms. The molecule has 3 aromatic rings. The number of fused-ring (bicyclic) bond motifs is 1. The van der Waals surface area contributed by atoms with Crippen LogP contribution in [-0.2, 0) is 6.54 Å². The number of rotatable bonds is 2. The summed E-state index contributed by atoms with van der Waals surface area (Å²) in [6.45, 7) is 1.50. The first-order valence-electron chi connectivity index (χ1n) is 6.04. The fourth-order valence-electron chi connectivity index (χ4n) is 2.08. The van der Waals surface area contributed by atoms with Crippen molar-refractivity contribution in [1.29, 1.82) is 0 Å². The average Bonchev–Trinajstić information content (AvgIpc) is 2.82. The number of hydrogen-bond acceptors (Lipinski definition) is 4. The molecular weight excluding hydrogens is 300 g/mol. The summed E-state index contributed by atoms with van der Waals surface area (Å²) in [5.74, 6) is -1.10. The average molecular weight is 310 g/mol. The Balaban J connectivity index is 2.13. The normalized spacial score (nSPS) is 11.2. The van der Waals surface area contributed by atoms with Crippen LogP contribution in [0.5, 0.6) is 0 Å². The molecule has 0 amide bonds. The lowest BCUT2D eigenvalue weighted by Gasteiger charge is -2.08. The fraction of sp³-hybridized carbons (Fsp3) is 0.154. The van der Waals surface area contributed by atoms with Crippen molar-refractivity contribution in [2.45, 2.75) is 13.5 Å². The number of anilines is 1. The van der Waals surface area contributed by atoms with Gasteiger partial charge in [0.25, 0.3) is 0 Å². The number of nitrogens with two attached hydrogens (primary N) is 1. The number of imidazole rings is 1. The topological polar surface area (TPSA) is 69.6 Å². The van der Waals surface area contributed by atoms with E-state index in [2.05, 4.69) is 15.0 Å². The van der Waals surface area contributed by atoms with Crippen LogP contribution in [0.1, 0.15) is 11.1 Å². The number of aromatic nitrogens is 4. The van der Waals surface area contributed by atoms with Gasteiger partial charge in [-0.1, -0.05) is 6.07 Å². The van der Waals surface area contributed by atoms with E-state index >= 15 is 0 Å². The Kier molecular flexibility index (Phi) is 3.21. The molecule has 21 heavy (non-hydrogen) atoms. The van der Waals surface area contributed by atoms with Crippen LogP contribution >= 0.6 is 11.6 Å². The largest absolute Gasteiger partial charge is 0.382 e. The zero-order valence-electron chi connectivity index (χ0n) is 10.9. The molecule has 0 radical (unpaired) electrons. The summed E-state index contributed by atoms with van der Waals surface area (Å²) >= 11 is 5.75. The molecule has 2 N–H and O–H groups in total. The van der Waals surface area contributed by atoms with E-state index in [1.54, 1.807) is 6.92 Å². The minimum Gasteiger partial charge on any atom is -0.382 e. The summed E-state index contributed by atoms with van der Waals surface area (Å²) in [6, 6.07) is 2.61. The van der Waals surface area contributed by atoms with Gasteiger partial charge in [0.15, 0.2) is 11.5 Å². The Hall–Kier alpha value is -2.28. The lowest BCUT2D eigenvalue weighted by atomic mass is 10.1. The first-order valence-corrected chi connectivity index (χ1v) is 6.42. The Morgan fingerprint density at radius 3 is 2.81 bits per heavy atom. The molecule has 0 saturated carbocycles. The molecule has 0 atom stereocenters. The van der Waals surface area contributed by atoms with E-state index in [9.17, 15) is 8.78 Å². The summed E-state index contributed by atoms with van der Waals surface area (Å²) in [7, 11) is 0. The number of nitrogen functional groups attached to an aromatic ring is 1. The molecule has 0 unspecified atom stereocenters. The zero-order chi connectivity index (χ0) is 15.1. The minimum atomic E-state index is -0.631. The number of halogens is 3. The molecule has 0 aliphatic heterocycles. The van der Waals surface area contributed by atoms with E-state index in [0.717, 1.165) is 0 Å². The van der Waals surface area contributed by atoms with Crippen molar-refractivity contribution in [3.05, 3.63) is 46.5 Å². The van der Waals surface area contributed by atoms with E-state index in [1.807, 2.05) is 0 Å². The monoisotopic (exact) mass is 309 g/mol. The first kappa shape index (κ1) is 13.7. The third kappa shape index (κ3) is 2.29. The molecule has 2 aromatic heterocycles. The summed E-state index contributed by atoms with van der Waals surface area (Å²) in [6.07, 6.45) is 1.40. The molecule has 108 valence electrons. The van der Waals surface area contributed by atoms with Crippen molar-refractivity contribution in [3.63, 3.8) is 0 Å². The predicted molar refractivity (Wildman–Crippen MR) is 74.9 cm³/mol. The molecule has 0 bridgehead atoms. The van der Waals surface area contributed by atoms with Gasteiger partial charge in [0.05, 0.1) is 12.9 Å². The second-order valence-corrected chi connectivity index (χ2v) is 4.92. The molecule has 2 heterocycles. The molecule has 0 saturated heterocycles. The Bertz CT molecular complexity index is 846. The van der Waals surface area contributed by atoms with Gasteiger partial charge in [-0.15, -0.1) is 0 Å². The molecular formula is C13H10ClF2N5.